The molecule has 0 saturated heterocycles. The van der Waals surface area contributed by atoms with Crippen molar-refractivity contribution in [3.63, 3.8) is 0 Å². The van der Waals surface area contributed by atoms with E-state index in [0.29, 0.717) is 6.54 Å². The van der Waals surface area contributed by atoms with Gasteiger partial charge >= 0.3 is 6.09 Å². The highest BCUT2D eigenvalue weighted by atomic mass is 16.6. The number of hydrogen-bond donors (Lipinski definition) is 2. The highest BCUT2D eigenvalue weighted by molar-refractivity contribution is 5.82. The molecule has 152 valence electrons. The first kappa shape index (κ1) is 19.4. The minimum Gasteiger partial charge on any atom is -0.443 e. The summed E-state index contributed by atoms with van der Waals surface area (Å²) >= 11 is 0. The maximum atomic E-state index is 12.4. The zero-order valence-corrected chi connectivity index (χ0v) is 17.1. The molecule has 2 aromatic heterocycles. The third kappa shape index (κ3) is 4.40. The van der Waals surface area contributed by atoms with Gasteiger partial charge in [-0.3, -0.25) is 4.98 Å². The van der Waals surface area contributed by atoms with Gasteiger partial charge in [0.2, 0.25) is 0 Å². The molecule has 2 N–H and O–H groups in total. The first-order valence-corrected chi connectivity index (χ1v) is 10.0. The lowest BCUT2D eigenvalue weighted by molar-refractivity contribution is 0.0613. The molecule has 0 bridgehead atoms. The molecule has 29 heavy (non-hydrogen) atoms. The Morgan fingerprint density at radius 1 is 1.24 bits per heavy atom. The quantitative estimate of drug-likeness (QED) is 0.698. The second-order valence-electron chi connectivity index (χ2n) is 8.34. The van der Waals surface area contributed by atoms with Crippen LogP contribution in [0, 0.1) is 0 Å². The van der Waals surface area contributed by atoms with Gasteiger partial charge in [0.1, 0.15) is 11.4 Å². The molecule has 7 heteroatoms. The smallest absolute Gasteiger partial charge is 0.427 e. The van der Waals surface area contributed by atoms with Crippen molar-refractivity contribution >= 4 is 17.1 Å². The second-order valence-corrected chi connectivity index (χ2v) is 8.34. The lowest BCUT2D eigenvalue weighted by atomic mass is 9.92. The average molecular weight is 393 g/mol. The van der Waals surface area contributed by atoms with Crippen LogP contribution in [0.1, 0.15) is 56.7 Å². The monoisotopic (exact) mass is 393 g/mol. The molecule has 7 nitrogen and oxygen atoms in total. The Hall–Kier alpha value is -2.93. The lowest BCUT2D eigenvalue weighted by Crippen LogP contribution is -2.33. The molecule has 0 radical (unpaired) electrons. The number of aryl methyl sites for hydroxylation is 1. The van der Waals surface area contributed by atoms with Crippen molar-refractivity contribution in [1.82, 2.24) is 20.0 Å². The lowest BCUT2D eigenvalue weighted by Gasteiger charge is -2.25. The van der Waals surface area contributed by atoms with Crippen molar-refractivity contribution in [2.24, 2.45) is 0 Å². The molecular formula is C22H27N5O2. The van der Waals surface area contributed by atoms with E-state index < -0.39 is 11.7 Å². The predicted octanol–water partition coefficient (Wildman–Crippen LogP) is 4.08. The third-order valence-electron chi connectivity index (χ3n) is 4.93. The van der Waals surface area contributed by atoms with E-state index in [0.717, 1.165) is 41.8 Å². The van der Waals surface area contributed by atoms with E-state index >= 15 is 0 Å². The number of imidazole rings is 1. The van der Waals surface area contributed by atoms with Crippen LogP contribution in [0.25, 0.3) is 11.0 Å². The number of amides is 1. The number of carbonyl (C=O) groups is 1. The van der Waals surface area contributed by atoms with E-state index in [1.807, 2.05) is 57.3 Å². The molecule has 1 aliphatic rings. The molecule has 1 atom stereocenters. The van der Waals surface area contributed by atoms with Crippen molar-refractivity contribution in [3.05, 3.63) is 59.7 Å². The molecule has 0 aliphatic heterocycles. The number of para-hydroxylation sites is 2. The topological polar surface area (TPSA) is 81.1 Å². The minimum absolute atomic E-state index is 0.176. The summed E-state index contributed by atoms with van der Waals surface area (Å²) in [7, 11) is 0. The molecule has 1 aliphatic carbocycles. The highest BCUT2D eigenvalue weighted by Gasteiger charge is 2.23. The van der Waals surface area contributed by atoms with Gasteiger partial charge in [0, 0.05) is 6.20 Å². The number of hydrogen-bond acceptors (Lipinski definition) is 5. The molecule has 0 spiro atoms. The molecular weight excluding hydrogens is 366 g/mol. The predicted molar refractivity (Wildman–Crippen MR) is 112 cm³/mol. The summed E-state index contributed by atoms with van der Waals surface area (Å²) in [6.07, 6.45) is 4.57. The van der Waals surface area contributed by atoms with Gasteiger partial charge in [-0.05, 0) is 63.8 Å². The zero-order valence-electron chi connectivity index (χ0n) is 17.1. The fourth-order valence-electron chi connectivity index (χ4n) is 3.73. The summed E-state index contributed by atoms with van der Waals surface area (Å²) < 4.78 is 7.13. The second kappa shape index (κ2) is 7.83. The summed E-state index contributed by atoms with van der Waals surface area (Å²) in [5.41, 5.74) is 6.33. The van der Waals surface area contributed by atoms with Crippen LogP contribution in [0.2, 0.25) is 0 Å². The van der Waals surface area contributed by atoms with Crippen LogP contribution < -0.4 is 10.7 Å². The highest BCUT2D eigenvalue weighted by Crippen LogP contribution is 2.28. The molecule has 4 rings (SSSR count). The molecule has 0 saturated carbocycles. The fourth-order valence-corrected chi connectivity index (χ4v) is 3.73. The number of pyridine rings is 1. The maximum Gasteiger partial charge on any atom is 0.427 e. The van der Waals surface area contributed by atoms with Crippen LogP contribution in [0.3, 0.4) is 0 Å². The Morgan fingerprint density at radius 2 is 2.07 bits per heavy atom. The zero-order chi connectivity index (χ0) is 20.4. The van der Waals surface area contributed by atoms with E-state index in [-0.39, 0.29) is 6.04 Å². The number of carbonyl (C=O) groups excluding carboxylic acids is 1. The van der Waals surface area contributed by atoms with Crippen molar-refractivity contribution in [2.75, 3.05) is 5.43 Å². The van der Waals surface area contributed by atoms with Crippen LogP contribution in [0.4, 0.5) is 4.79 Å². The first-order valence-electron chi connectivity index (χ1n) is 10.0. The summed E-state index contributed by atoms with van der Waals surface area (Å²) in [5, 5.41) is 3.58. The van der Waals surface area contributed by atoms with Gasteiger partial charge in [0.25, 0.3) is 0 Å². The Bertz CT molecular complexity index is 1020. The molecule has 1 amide bonds. The number of nitrogens with zero attached hydrogens (tertiary/aromatic N) is 3. The Morgan fingerprint density at radius 3 is 2.90 bits per heavy atom. The Kier molecular flexibility index (Phi) is 5.24. The summed E-state index contributed by atoms with van der Waals surface area (Å²) in [4.78, 5) is 21.7. The van der Waals surface area contributed by atoms with Gasteiger partial charge in [0.05, 0.1) is 29.3 Å². The fraction of sp³-hybridized carbons (Fsp3) is 0.409. The van der Waals surface area contributed by atoms with Crippen LogP contribution in [0.5, 0.6) is 0 Å². The normalized spacial score (nSPS) is 16.4. The summed E-state index contributed by atoms with van der Waals surface area (Å²) in [5.74, 6) is 0.722. The van der Waals surface area contributed by atoms with Gasteiger partial charge in [-0.15, -0.1) is 0 Å². The maximum absolute atomic E-state index is 12.4. The average Bonchev–Trinajstić information content (AvgIpc) is 3.02. The van der Waals surface area contributed by atoms with Gasteiger partial charge in [-0.25, -0.2) is 19.9 Å². The van der Waals surface area contributed by atoms with Crippen LogP contribution in [-0.2, 0) is 17.7 Å². The largest absolute Gasteiger partial charge is 0.443 e. The Balaban J connectivity index is 1.57. The SMILES string of the molecule is CC(C)(C)OC(=O)Nn1c(CNC2CCCc3cccnc32)nc2ccccc21. The van der Waals surface area contributed by atoms with Gasteiger partial charge in [-0.1, -0.05) is 18.2 Å². The number of ether oxygens (including phenoxy) is 1. The van der Waals surface area contributed by atoms with Crippen LogP contribution in [-0.4, -0.2) is 26.3 Å². The van der Waals surface area contributed by atoms with Crippen molar-refractivity contribution in [1.29, 1.82) is 0 Å². The number of fused-ring (bicyclic) bond motifs is 2. The molecule has 2 heterocycles. The summed E-state index contributed by atoms with van der Waals surface area (Å²) in [6.45, 7) is 6.03. The van der Waals surface area contributed by atoms with E-state index in [4.69, 9.17) is 9.72 Å². The number of rotatable bonds is 4. The number of aromatic nitrogens is 3. The van der Waals surface area contributed by atoms with Gasteiger partial charge in [0.15, 0.2) is 0 Å². The van der Waals surface area contributed by atoms with E-state index in [1.54, 1.807) is 4.68 Å². The minimum atomic E-state index is -0.573. The van der Waals surface area contributed by atoms with E-state index in [9.17, 15) is 4.79 Å². The van der Waals surface area contributed by atoms with Crippen molar-refractivity contribution < 1.29 is 9.53 Å². The molecule has 0 fully saturated rings. The number of benzene rings is 1. The van der Waals surface area contributed by atoms with E-state index in [2.05, 4.69) is 21.8 Å². The summed E-state index contributed by atoms with van der Waals surface area (Å²) in [6, 6.07) is 12.0. The van der Waals surface area contributed by atoms with Crippen LogP contribution >= 0.6 is 0 Å². The van der Waals surface area contributed by atoms with Gasteiger partial charge in [-0.2, -0.15) is 0 Å². The standard InChI is InChI=1S/C22H27N5O2/c1-22(2,3)29-21(28)26-27-18-12-5-4-10-16(18)25-19(27)14-24-17-11-6-8-15-9-7-13-23-20(15)17/h4-5,7,9-10,12-13,17,24H,6,8,11,14H2,1-3H3,(H,26,28). The number of nitrogens with one attached hydrogen (secondary N) is 2. The third-order valence-corrected chi connectivity index (χ3v) is 4.93. The van der Waals surface area contributed by atoms with Crippen LogP contribution in [0.15, 0.2) is 42.6 Å². The van der Waals surface area contributed by atoms with Crippen molar-refractivity contribution in [2.45, 2.75) is 58.2 Å². The van der Waals surface area contributed by atoms with Crippen molar-refractivity contribution in [3.8, 4) is 0 Å². The Labute approximate surface area is 170 Å². The molecule has 1 aromatic carbocycles. The first-order chi connectivity index (χ1) is 13.9. The van der Waals surface area contributed by atoms with E-state index in [1.165, 1.54) is 5.56 Å². The van der Waals surface area contributed by atoms with Gasteiger partial charge < -0.3 is 10.1 Å². The molecule has 3 aromatic rings. The molecule has 1 unspecified atom stereocenters.